The van der Waals surface area contributed by atoms with Crippen LogP contribution in [0.5, 0.6) is 0 Å². The number of hydrogen-bond acceptors (Lipinski definition) is 6. The molecule has 0 aliphatic heterocycles. The molecule has 0 saturated heterocycles. The predicted molar refractivity (Wildman–Crippen MR) is 104 cm³/mol. The topological polar surface area (TPSA) is 102 Å². The quantitative estimate of drug-likeness (QED) is 0.546. The third kappa shape index (κ3) is 4.29. The van der Waals surface area contributed by atoms with Gasteiger partial charge in [0.25, 0.3) is 0 Å². The largest absolute Gasteiger partial charge is 0.396 e. The number of aliphatic hydroxyl groups is 1. The molecule has 0 saturated carbocycles. The number of aromatic nitrogens is 4. The highest BCUT2D eigenvalue weighted by Crippen LogP contribution is 2.25. The molecule has 7 nitrogen and oxygen atoms in total. The van der Waals surface area contributed by atoms with Crippen molar-refractivity contribution in [2.45, 2.75) is 45.2 Å². The Labute approximate surface area is 153 Å². The van der Waals surface area contributed by atoms with Crippen LogP contribution in [-0.2, 0) is 6.54 Å². The van der Waals surface area contributed by atoms with Crippen molar-refractivity contribution >= 4 is 22.8 Å². The Morgan fingerprint density at radius 3 is 2.85 bits per heavy atom. The van der Waals surface area contributed by atoms with Gasteiger partial charge >= 0.3 is 0 Å². The van der Waals surface area contributed by atoms with E-state index in [1.165, 1.54) is 0 Å². The van der Waals surface area contributed by atoms with Crippen LogP contribution in [0.15, 0.2) is 36.7 Å². The van der Waals surface area contributed by atoms with E-state index in [1.54, 1.807) is 6.20 Å². The number of hydrogen-bond donors (Lipinski definition) is 3. The number of aliphatic hydroxyl groups excluding tert-OH is 1. The van der Waals surface area contributed by atoms with E-state index in [-0.39, 0.29) is 18.6 Å². The van der Waals surface area contributed by atoms with Gasteiger partial charge in [-0.3, -0.25) is 4.98 Å². The Hall–Kier alpha value is -2.67. The van der Waals surface area contributed by atoms with Gasteiger partial charge in [-0.2, -0.15) is 4.98 Å². The molecule has 4 N–H and O–H groups in total. The average molecular weight is 354 g/mol. The molecule has 0 spiro atoms. The molecule has 0 aliphatic rings. The van der Waals surface area contributed by atoms with Gasteiger partial charge in [0.05, 0.1) is 17.8 Å². The van der Waals surface area contributed by atoms with Crippen LogP contribution in [0.2, 0.25) is 0 Å². The van der Waals surface area contributed by atoms with Gasteiger partial charge in [-0.1, -0.05) is 25.8 Å². The number of nitrogens with zero attached hydrogens (tertiary/aromatic N) is 4. The van der Waals surface area contributed by atoms with Crippen molar-refractivity contribution in [2.75, 3.05) is 17.7 Å². The number of anilines is 2. The van der Waals surface area contributed by atoms with Crippen molar-refractivity contribution in [3.63, 3.8) is 0 Å². The van der Waals surface area contributed by atoms with Gasteiger partial charge < -0.3 is 20.7 Å². The molecule has 0 aromatic carbocycles. The Kier molecular flexibility index (Phi) is 6.01. The molecule has 26 heavy (non-hydrogen) atoms. The van der Waals surface area contributed by atoms with Gasteiger partial charge in [0, 0.05) is 25.0 Å². The second-order valence-electron chi connectivity index (χ2n) is 6.42. The minimum Gasteiger partial charge on any atom is -0.396 e. The first-order valence-electron chi connectivity index (χ1n) is 9.11. The number of nitrogens with one attached hydrogen (secondary N) is 1. The number of nitrogens with two attached hydrogens (primary N) is 1. The van der Waals surface area contributed by atoms with Crippen molar-refractivity contribution in [1.82, 2.24) is 19.5 Å². The van der Waals surface area contributed by atoms with Gasteiger partial charge in [0.2, 0.25) is 5.95 Å². The molecule has 0 amide bonds. The predicted octanol–water partition coefficient (Wildman–Crippen LogP) is 2.81. The highest BCUT2D eigenvalue weighted by atomic mass is 16.3. The summed E-state index contributed by atoms with van der Waals surface area (Å²) in [6, 6.07) is 7.96. The molecule has 3 aromatic heterocycles. The average Bonchev–Trinajstić information content (AvgIpc) is 3.03. The fourth-order valence-electron chi connectivity index (χ4n) is 3.11. The summed E-state index contributed by atoms with van der Waals surface area (Å²) >= 11 is 0. The van der Waals surface area contributed by atoms with E-state index in [1.807, 2.05) is 30.5 Å². The molecular formula is C19H26N6O. The first kappa shape index (κ1) is 18.1. The first-order valence-corrected chi connectivity index (χ1v) is 9.11. The van der Waals surface area contributed by atoms with E-state index in [0.29, 0.717) is 18.8 Å². The molecule has 0 unspecified atom stereocenters. The first-order chi connectivity index (χ1) is 12.7. The highest BCUT2D eigenvalue weighted by molar-refractivity contribution is 5.87. The smallest absolute Gasteiger partial charge is 0.222 e. The van der Waals surface area contributed by atoms with Crippen molar-refractivity contribution in [3.05, 3.63) is 42.4 Å². The lowest BCUT2D eigenvalue weighted by Crippen LogP contribution is -2.22. The molecule has 0 radical (unpaired) electrons. The van der Waals surface area contributed by atoms with Crippen molar-refractivity contribution < 1.29 is 5.11 Å². The number of pyridine rings is 1. The van der Waals surface area contributed by atoms with E-state index >= 15 is 0 Å². The lowest BCUT2D eigenvalue weighted by molar-refractivity contribution is 0.276. The molecule has 3 heterocycles. The van der Waals surface area contributed by atoms with Crippen LogP contribution in [0.3, 0.4) is 0 Å². The second-order valence-corrected chi connectivity index (χ2v) is 6.42. The monoisotopic (exact) mass is 354 g/mol. The van der Waals surface area contributed by atoms with E-state index < -0.39 is 0 Å². The molecule has 3 rings (SSSR count). The Bertz CT molecular complexity index is 833. The zero-order valence-electron chi connectivity index (χ0n) is 15.1. The standard InChI is InChI=1S/C19H26N6O/c1-2-3-6-14(9-12-26)22-18-17-16(23-19(20)24-18)8-11-25(17)13-15-7-4-5-10-21-15/h4-5,7-8,10-11,14,26H,2-3,6,9,12-13H2,1H3,(H3,20,22,23,24)/t14-/m0/s1. The third-order valence-electron chi connectivity index (χ3n) is 4.41. The second kappa shape index (κ2) is 8.62. The van der Waals surface area contributed by atoms with Crippen molar-refractivity contribution in [3.8, 4) is 0 Å². The summed E-state index contributed by atoms with van der Waals surface area (Å²) in [4.78, 5) is 13.2. The van der Waals surface area contributed by atoms with Crippen LogP contribution in [-0.4, -0.2) is 37.3 Å². The zero-order chi connectivity index (χ0) is 18.4. The SMILES string of the molecule is CCCC[C@@H](CCO)Nc1nc(N)nc2ccn(Cc3ccccn3)c12. The molecule has 1 atom stereocenters. The lowest BCUT2D eigenvalue weighted by atomic mass is 10.1. The van der Waals surface area contributed by atoms with Crippen molar-refractivity contribution in [1.29, 1.82) is 0 Å². The van der Waals surface area contributed by atoms with Crippen molar-refractivity contribution in [2.24, 2.45) is 0 Å². The van der Waals surface area contributed by atoms with E-state index in [0.717, 1.165) is 36.0 Å². The lowest BCUT2D eigenvalue weighted by Gasteiger charge is -2.19. The van der Waals surface area contributed by atoms with Gasteiger partial charge in [-0.05, 0) is 31.0 Å². The minimum atomic E-state index is 0.139. The Balaban J connectivity index is 1.93. The van der Waals surface area contributed by atoms with Crippen LogP contribution in [0.1, 0.15) is 38.3 Å². The van der Waals surface area contributed by atoms with E-state index in [4.69, 9.17) is 5.73 Å². The van der Waals surface area contributed by atoms with Gasteiger partial charge in [0.15, 0.2) is 5.82 Å². The van der Waals surface area contributed by atoms with Crippen LogP contribution >= 0.6 is 0 Å². The summed E-state index contributed by atoms with van der Waals surface area (Å²) < 4.78 is 2.08. The molecule has 7 heteroatoms. The fourth-order valence-corrected chi connectivity index (χ4v) is 3.11. The van der Waals surface area contributed by atoms with Gasteiger partial charge in [-0.25, -0.2) is 4.98 Å². The summed E-state index contributed by atoms with van der Waals surface area (Å²) in [5, 5.41) is 12.9. The van der Waals surface area contributed by atoms with Crippen LogP contribution in [0, 0.1) is 0 Å². The summed E-state index contributed by atoms with van der Waals surface area (Å²) in [5.41, 5.74) is 8.57. The maximum absolute atomic E-state index is 9.38. The molecule has 3 aromatic rings. The maximum atomic E-state index is 9.38. The van der Waals surface area contributed by atoms with E-state index in [9.17, 15) is 5.11 Å². The highest BCUT2D eigenvalue weighted by Gasteiger charge is 2.16. The molecule has 0 bridgehead atoms. The summed E-state index contributed by atoms with van der Waals surface area (Å²) in [7, 11) is 0. The molecule has 138 valence electrons. The normalized spacial score (nSPS) is 12.4. The summed E-state index contributed by atoms with van der Waals surface area (Å²) in [6.07, 6.45) is 7.62. The Morgan fingerprint density at radius 1 is 1.23 bits per heavy atom. The van der Waals surface area contributed by atoms with Crippen LogP contribution in [0.4, 0.5) is 11.8 Å². The molecular weight excluding hydrogens is 328 g/mol. The van der Waals surface area contributed by atoms with Gasteiger partial charge in [0.1, 0.15) is 5.52 Å². The number of nitrogen functional groups attached to an aromatic ring is 1. The molecule has 0 fully saturated rings. The minimum absolute atomic E-state index is 0.139. The summed E-state index contributed by atoms with van der Waals surface area (Å²) in [6.45, 7) is 2.93. The zero-order valence-corrected chi connectivity index (χ0v) is 15.1. The maximum Gasteiger partial charge on any atom is 0.222 e. The third-order valence-corrected chi connectivity index (χ3v) is 4.41. The Morgan fingerprint density at radius 2 is 2.12 bits per heavy atom. The number of unbranched alkanes of at least 4 members (excludes halogenated alkanes) is 1. The fraction of sp³-hybridized carbons (Fsp3) is 0.421. The number of fused-ring (bicyclic) bond motifs is 1. The van der Waals surface area contributed by atoms with Gasteiger partial charge in [-0.15, -0.1) is 0 Å². The summed E-state index contributed by atoms with van der Waals surface area (Å²) in [5.74, 6) is 0.955. The van der Waals surface area contributed by atoms with Crippen LogP contribution < -0.4 is 11.1 Å². The van der Waals surface area contributed by atoms with E-state index in [2.05, 4.69) is 31.8 Å². The molecule has 0 aliphatic carbocycles. The van der Waals surface area contributed by atoms with Crippen LogP contribution in [0.25, 0.3) is 11.0 Å². The number of rotatable bonds is 9.